The van der Waals surface area contributed by atoms with Gasteiger partial charge in [-0.2, -0.15) is 0 Å². The van der Waals surface area contributed by atoms with Crippen molar-refractivity contribution in [1.29, 1.82) is 0 Å². The van der Waals surface area contributed by atoms with Crippen LogP contribution in [-0.4, -0.2) is 43.2 Å². The molecule has 1 spiro atoms. The Morgan fingerprint density at radius 2 is 1.93 bits per heavy atom. The molecule has 1 saturated carbocycles. The van der Waals surface area contributed by atoms with Crippen molar-refractivity contribution in [3.05, 3.63) is 12.2 Å². The van der Waals surface area contributed by atoms with E-state index in [0.717, 1.165) is 25.7 Å². The van der Waals surface area contributed by atoms with Crippen molar-refractivity contribution >= 4 is 5.97 Å². The molecule has 0 aromatic rings. The molecule has 4 saturated heterocycles. The number of hydrogen-bond donors (Lipinski definition) is 0. The number of hydrogen-bond acceptors (Lipinski definition) is 7. The maximum absolute atomic E-state index is 11.5. The molecule has 7 heteroatoms. The topological polar surface area (TPSA) is 72.5 Å². The molecular formula is C21H32O7. The zero-order valence-electron chi connectivity index (χ0n) is 17.3. The van der Waals surface area contributed by atoms with Gasteiger partial charge in [-0.15, -0.1) is 0 Å². The number of ether oxygens (including phenoxy) is 4. The lowest BCUT2D eigenvalue weighted by atomic mass is 9.58. The minimum absolute atomic E-state index is 0.109. The summed E-state index contributed by atoms with van der Waals surface area (Å²) in [5, 5.41) is 0. The van der Waals surface area contributed by atoms with Crippen molar-refractivity contribution in [3.63, 3.8) is 0 Å². The van der Waals surface area contributed by atoms with Crippen LogP contribution in [-0.2, 0) is 33.5 Å². The van der Waals surface area contributed by atoms with Gasteiger partial charge >= 0.3 is 5.97 Å². The molecule has 0 aromatic carbocycles. The van der Waals surface area contributed by atoms with E-state index in [0.29, 0.717) is 17.4 Å². The lowest BCUT2D eigenvalue weighted by Gasteiger charge is -2.60. The number of carbonyl (C=O) groups is 1. The SMILES string of the molecule is C=C(C)C(=O)OCCO[C@H]1O[C@@H]2O[C@@]3(C)CC[C@H]4[C@H](C)CC[C@@H]([C@H]1C)[C@@]24OO3. The molecule has 5 aliphatic rings. The zero-order valence-corrected chi connectivity index (χ0v) is 17.3. The van der Waals surface area contributed by atoms with Gasteiger partial charge in [0.2, 0.25) is 5.79 Å². The third-order valence-electron chi connectivity index (χ3n) is 7.04. The van der Waals surface area contributed by atoms with Crippen LogP contribution in [0.5, 0.6) is 0 Å². The molecule has 28 heavy (non-hydrogen) atoms. The monoisotopic (exact) mass is 396 g/mol. The molecule has 158 valence electrons. The molecule has 4 aliphatic heterocycles. The van der Waals surface area contributed by atoms with Crippen LogP contribution in [0.15, 0.2) is 12.2 Å². The Morgan fingerprint density at radius 1 is 1.14 bits per heavy atom. The molecule has 8 atom stereocenters. The smallest absolute Gasteiger partial charge is 0.333 e. The summed E-state index contributed by atoms with van der Waals surface area (Å²) >= 11 is 0. The van der Waals surface area contributed by atoms with E-state index >= 15 is 0 Å². The van der Waals surface area contributed by atoms with Gasteiger partial charge < -0.3 is 18.9 Å². The molecule has 0 N–H and O–H groups in total. The Balaban J connectivity index is 1.48. The summed E-state index contributed by atoms with van der Waals surface area (Å²) in [5.74, 6) is -0.00986. The highest BCUT2D eigenvalue weighted by Gasteiger charge is 2.69. The molecule has 7 nitrogen and oxygen atoms in total. The van der Waals surface area contributed by atoms with Gasteiger partial charge in [0.1, 0.15) is 6.61 Å². The van der Waals surface area contributed by atoms with Crippen LogP contribution >= 0.6 is 0 Å². The van der Waals surface area contributed by atoms with Crippen molar-refractivity contribution in [3.8, 4) is 0 Å². The van der Waals surface area contributed by atoms with E-state index in [1.807, 2.05) is 6.92 Å². The van der Waals surface area contributed by atoms with Crippen LogP contribution < -0.4 is 0 Å². The maximum Gasteiger partial charge on any atom is 0.333 e. The first-order valence-corrected chi connectivity index (χ1v) is 10.4. The van der Waals surface area contributed by atoms with E-state index < -0.39 is 29.9 Å². The zero-order chi connectivity index (χ0) is 20.1. The van der Waals surface area contributed by atoms with E-state index in [4.69, 9.17) is 28.7 Å². The van der Waals surface area contributed by atoms with Gasteiger partial charge in [0.25, 0.3) is 0 Å². The lowest BCUT2D eigenvalue weighted by Crippen LogP contribution is -2.70. The summed E-state index contributed by atoms with van der Waals surface area (Å²) < 4.78 is 23.7. The average Bonchev–Trinajstić information content (AvgIpc) is 2.88. The van der Waals surface area contributed by atoms with Crippen molar-refractivity contribution in [2.24, 2.45) is 23.7 Å². The van der Waals surface area contributed by atoms with Crippen molar-refractivity contribution in [2.75, 3.05) is 13.2 Å². The van der Waals surface area contributed by atoms with Crippen molar-refractivity contribution in [1.82, 2.24) is 0 Å². The summed E-state index contributed by atoms with van der Waals surface area (Å²) in [6.45, 7) is 12.0. The summed E-state index contributed by atoms with van der Waals surface area (Å²) in [7, 11) is 0. The largest absolute Gasteiger partial charge is 0.460 e. The van der Waals surface area contributed by atoms with E-state index in [-0.39, 0.29) is 25.0 Å². The standard InChI is InChI=1S/C21H32O7/c1-12(2)17(22)23-10-11-24-18-14(4)16-7-6-13(3)15-8-9-20(5)26-19(25-18)21(15,16)28-27-20/h13-16,18-19H,1,6-11H2,2-5H3/t13-,14-,15+,16+,18+,19-,20-,21-/m1/s1. The predicted molar refractivity (Wildman–Crippen MR) is 98.6 cm³/mol. The molecule has 4 heterocycles. The normalized spacial score (nSPS) is 47.1. The van der Waals surface area contributed by atoms with Gasteiger partial charge in [-0.3, -0.25) is 0 Å². The highest BCUT2D eigenvalue weighted by Crippen LogP contribution is 2.60. The Morgan fingerprint density at radius 3 is 2.68 bits per heavy atom. The Labute approximate surface area is 166 Å². The fourth-order valence-electron chi connectivity index (χ4n) is 5.48. The fraction of sp³-hybridized carbons (Fsp3) is 0.857. The van der Waals surface area contributed by atoms with Crippen molar-refractivity contribution < 1.29 is 33.5 Å². The van der Waals surface area contributed by atoms with Gasteiger partial charge in [0, 0.05) is 23.8 Å². The Hall–Kier alpha value is -0.990. The molecule has 0 amide bonds. The quantitative estimate of drug-likeness (QED) is 0.305. The fourth-order valence-corrected chi connectivity index (χ4v) is 5.48. The molecule has 1 aliphatic carbocycles. The number of fused-ring (bicyclic) bond motifs is 2. The van der Waals surface area contributed by atoms with Crippen LogP contribution in [0.4, 0.5) is 0 Å². The number of rotatable bonds is 5. The summed E-state index contributed by atoms with van der Waals surface area (Å²) in [6.07, 6.45) is 3.00. The molecule has 0 aromatic heterocycles. The van der Waals surface area contributed by atoms with Gasteiger partial charge in [0.15, 0.2) is 18.2 Å². The summed E-state index contributed by atoms with van der Waals surface area (Å²) in [6, 6.07) is 0. The van der Waals surface area contributed by atoms with Crippen LogP contribution in [0.2, 0.25) is 0 Å². The molecular weight excluding hydrogens is 364 g/mol. The third-order valence-corrected chi connectivity index (χ3v) is 7.04. The number of esters is 1. The van der Waals surface area contributed by atoms with Crippen LogP contribution in [0.1, 0.15) is 53.4 Å². The predicted octanol–water partition coefficient (Wildman–Crippen LogP) is 3.33. The second-order valence-corrected chi connectivity index (χ2v) is 9.06. The van der Waals surface area contributed by atoms with Crippen LogP contribution in [0, 0.1) is 23.7 Å². The minimum Gasteiger partial charge on any atom is -0.460 e. The second-order valence-electron chi connectivity index (χ2n) is 9.06. The Bertz CT molecular complexity index is 636. The average molecular weight is 396 g/mol. The van der Waals surface area contributed by atoms with E-state index in [1.54, 1.807) is 6.92 Å². The van der Waals surface area contributed by atoms with Gasteiger partial charge in [-0.1, -0.05) is 20.4 Å². The third kappa shape index (κ3) is 3.21. The lowest BCUT2D eigenvalue weighted by molar-refractivity contribution is -0.577. The van der Waals surface area contributed by atoms with E-state index in [2.05, 4.69) is 20.4 Å². The highest BCUT2D eigenvalue weighted by atomic mass is 17.3. The highest BCUT2D eigenvalue weighted by molar-refractivity contribution is 5.86. The first-order chi connectivity index (χ1) is 13.3. The maximum atomic E-state index is 11.5. The molecule has 5 rings (SSSR count). The first-order valence-electron chi connectivity index (χ1n) is 10.4. The number of carbonyl (C=O) groups excluding carboxylic acids is 1. The van der Waals surface area contributed by atoms with E-state index in [1.165, 1.54) is 0 Å². The van der Waals surface area contributed by atoms with Crippen LogP contribution in [0.3, 0.4) is 0 Å². The summed E-state index contributed by atoms with van der Waals surface area (Å²) in [5.41, 5.74) is -0.209. The van der Waals surface area contributed by atoms with Gasteiger partial charge in [0.05, 0.1) is 6.61 Å². The molecule has 0 unspecified atom stereocenters. The first kappa shape index (κ1) is 20.3. The Kier molecular flexibility index (Phi) is 5.33. The van der Waals surface area contributed by atoms with Gasteiger partial charge in [-0.05, 0) is 44.9 Å². The van der Waals surface area contributed by atoms with E-state index in [9.17, 15) is 4.79 Å². The molecule has 2 bridgehead atoms. The van der Waals surface area contributed by atoms with Gasteiger partial charge in [-0.25, -0.2) is 14.6 Å². The van der Waals surface area contributed by atoms with Crippen molar-refractivity contribution in [2.45, 2.75) is 77.3 Å². The van der Waals surface area contributed by atoms with Crippen LogP contribution in [0.25, 0.3) is 0 Å². The molecule has 0 radical (unpaired) electrons. The summed E-state index contributed by atoms with van der Waals surface area (Å²) in [4.78, 5) is 23.4. The molecule has 5 fully saturated rings. The minimum atomic E-state index is -0.792. The second kappa shape index (κ2) is 7.36.